The summed E-state index contributed by atoms with van der Waals surface area (Å²) in [7, 11) is 6.97. The molecule has 0 saturated carbocycles. The van der Waals surface area contributed by atoms with Crippen LogP contribution < -0.4 is 14.7 Å². The Morgan fingerprint density at radius 2 is 0.370 bits per heavy atom. The largest absolute Gasteiger partial charge is 0.344 e. The molecule has 0 unspecified atom stereocenters. The molecule has 146 heavy (non-hydrogen) atoms. The number of hydrogen-bond donors (Lipinski definition) is 0. The fraction of sp³-hybridized carbons (Fsp3) is 0. The van der Waals surface area contributed by atoms with Crippen molar-refractivity contribution in [3.8, 4) is 78.1 Å². The molecule has 25 aromatic carbocycles. The second kappa shape index (κ2) is 40.4. The van der Waals surface area contributed by atoms with Crippen LogP contribution in [-0.4, -0.2) is 17.1 Å². The molecule has 0 spiro atoms. The lowest BCUT2D eigenvalue weighted by molar-refractivity contribution is 1.18. The van der Waals surface area contributed by atoms with Crippen molar-refractivity contribution in [2.45, 2.75) is 0 Å². The first-order valence-corrected chi connectivity index (χ1v) is 50.0. The van der Waals surface area contributed by atoms with Gasteiger partial charge in [0.05, 0.1) is 33.4 Å². The van der Waals surface area contributed by atoms with Gasteiger partial charge in [0.1, 0.15) is 0 Å². The van der Waals surface area contributed by atoms with Crippen molar-refractivity contribution in [3.05, 3.63) is 576 Å². The summed E-state index contributed by atoms with van der Waals surface area (Å²) in [5.41, 5.74) is 32.1. The van der Waals surface area contributed by atoms with Crippen molar-refractivity contribution in [2.24, 2.45) is 4.66 Å². The van der Waals surface area contributed by atoms with Gasteiger partial charge in [-0.2, -0.15) is 0 Å². The Morgan fingerprint density at radius 1 is 0.158 bits per heavy atom. The summed E-state index contributed by atoms with van der Waals surface area (Å²) in [4.78, 5) is 7.03. The van der Waals surface area contributed by atoms with E-state index in [1.54, 1.807) is 0 Å². The lowest BCUT2D eigenvalue weighted by atomic mass is 9.86. The summed E-state index contributed by atoms with van der Waals surface area (Å²) in [6, 6.07) is 208. The number of hydrogen-bond acceptors (Lipinski definition) is 4. The first-order chi connectivity index (χ1) is 72.4. The number of rotatable bonds is 17. The van der Waals surface area contributed by atoms with Crippen LogP contribution >= 0.6 is 9.03 Å². The fourth-order valence-corrected chi connectivity index (χ4v) is 21.7. The molecule has 27 aromatic rings. The first-order valence-electron chi connectivity index (χ1n) is 49.6. The molecule has 0 aliphatic carbocycles. The predicted molar refractivity (Wildman–Crippen MR) is 626 cm³/mol. The van der Waals surface area contributed by atoms with E-state index in [9.17, 15) is 0 Å². The number of anilines is 9. The van der Waals surface area contributed by atoms with Gasteiger partial charge in [0, 0.05) is 83.5 Å². The van der Waals surface area contributed by atoms with Crippen LogP contribution in [0.4, 0.5) is 51.2 Å². The third-order valence-electron chi connectivity index (χ3n) is 28.2. The minimum Gasteiger partial charge on any atom is -0.344 e. The molecule has 2 heterocycles. The van der Waals surface area contributed by atoms with Gasteiger partial charge >= 0.3 is 0 Å². The standard InChI is InChI=1S/C56H38N2.C44H32N2.C38H25N.BHNP/c1-4-16-40(17-5-1)55-48-23-10-12-25-50(48)56(51-26-13-11-24-49(51)55)41-30-35-46(36-31-41)57(43-18-6-2-7-19-43)45-33-28-39(29-34-45)42-32-37-54-52(38-42)47-22-14-15-27-53(47)58(54)44-20-8-3-9-21-44;1-3-17-37(18-4-1)45(43-23-11-15-35-13-7-9-21-41(35)43)39-29-25-33(26-30-39)34-27-31-40(32-28-34)46(38-19-5-2-6-20-38)44-24-12-16-36-14-8-10-22-42(36)44;1-2-12-26(13-3-1)37-31-16-4-6-18-33(31)38(34-19-7-5-17-32(34)37)27-22-24-28(25-23-27)39-35-20-10-8-14-29(35)30-15-9-11-21-36(30)39;1-2-3/h1-38H;1-32H;1-25H;3H. The van der Waals surface area contributed by atoms with Crippen LogP contribution in [0.2, 0.25) is 0 Å². The van der Waals surface area contributed by atoms with Crippen molar-refractivity contribution >= 4 is 176 Å². The molecule has 8 heteroatoms. The molecule has 0 fully saturated rings. The lowest BCUT2D eigenvalue weighted by Gasteiger charge is -2.27. The third kappa shape index (κ3) is 17.2. The van der Waals surface area contributed by atoms with Crippen LogP contribution in [0, 0.1) is 0 Å². The number of aromatic nitrogens is 2. The van der Waals surface area contributed by atoms with E-state index < -0.39 is 0 Å². The highest BCUT2D eigenvalue weighted by atomic mass is 31.0. The maximum atomic E-state index is 4.39. The van der Waals surface area contributed by atoms with E-state index in [-0.39, 0.29) is 0 Å². The normalized spacial score (nSPS) is 11.2. The van der Waals surface area contributed by atoms with E-state index >= 15 is 0 Å². The smallest absolute Gasteiger partial charge is 0.265 e. The van der Waals surface area contributed by atoms with E-state index in [0.717, 1.165) is 51.2 Å². The first kappa shape index (κ1) is 89.8. The zero-order valence-electron chi connectivity index (χ0n) is 80.1. The Balaban J connectivity index is 0.000000118. The Hall–Kier alpha value is -18.8. The number of fused-ring (bicyclic) bond motifs is 12. The minimum atomic E-state index is 1.10. The minimum absolute atomic E-state index is 1.10. The van der Waals surface area contributed by atoms with Gasteiger partial charge in [-0.05, 0) is 281 Å². The Kier molecular flexibility index (Phi) is 24.9. The summed E-state index contributed by atoms with van der Waals surface area (Å²) < 4.78 is 7.55. The van der Waals surface area contributed by atoms with Crippen LogP contribution in [-0.2, 0) is 0 Å². The van der Waals surface area contributed by atoms with Gasteiger partial charge in [-0.3, -0.25) is 0 Å². The molecular formula is C138H96BN6P. The van der Waals surface area contributed by atoms with Crippen LogP contribution in [0.25, 0.3) is 186 Å². The van der Waals surface area contributed by atoms with Crippen LogP contribution in [0.5, 0.6) is 0 Å². The zero-order chi connectivity index (χ0) is 97.6. The average molecular weight is 1880 g/mol. The molecule has 686 valence electrons. The molecular weight excluding hydrogens is 1780 g/mol. The van der Waals surface area contributed by atoms with E-state index in [1.165, 1.54) is 186 Å². The zero-order valence-corrected chi connectivity index (χ0v) is 81.1. The SMILES string of the molecule is [B]N=P.c1ccc(-c2c3ccccc3c(-c3ccc(-n4c5ccccc5c5ccccc54)cc3)c3ccccc23)cc1.c1ccc(-c2c3ccccc3c(-c3ccc(N(c4ccccc4)c4ccc(-c5ccc6c(c5)c5ccccc5n6-c5ccccc5)cc4)cc3)c3ccccc23)cc1.c1ccc(N(c2ccc(-c3ccc(N(c4ccccc4)c4cccc5ccccc45)cc3)cc2)c2cccc3ccccc23)cc1. The van der Waals surface area contributed by atoms with Crippen molar-refractivity contribution in [3.63, 3.8) is 0 Å². The van der Waals surface area contributed by atoms with Gasteiger partial charge in [-0.1, -0.05) is 425 Å². The summed E-state index contributed by atoms with van der Waals surface area (Å²) in [6.07, 6.45) is 0. The van der Waals surface area contributed by atoms with Crippen LogP contribution in [0.15, 0.2) is 581 Å². The lowest BCUT2D eigenvalue weighted by Crippen LogP contribution is -2.10. The molecule has 0 N–H and O–H groups in total. The second-order valence-electron chi connectivity index (χ2n) is 36.6. The second-order valence-corrected chi connectivity index (χ2v) is 36.8. The number of benzene rings is 25. The van der Waals surface area contributed by atoms with E-state index in [0.29, 0.717) is 0 Å². The van der Waals surface area contributed by atoms with Gasteiger partial charge in [0.15, 0.2) is 0 Å². The summed E-state index contributed by atoms with van der Waals surface area (Å²) in [5.74, 6) is 0. The van der Waals surface area contributed by atoms with Gasteiger partial charge in [0.25, 0.3) is 7.98 Å². The topological polar surface area (TPSA) is 31.9 Å². The number of nitrogens with zero attached hydrogens (tertiary/aromatic N) is 6. The van der Waals surface area contributed by atoms with Crippen molar-refractivity contribution in [1.82, 2.24) is 9.13 Å². The monoisotopic (exact) mass is 1880 g/mol. The highest BCUT2D eigenvalue weighted by molar-refractivity contribution is 7.05. The molecule has 0 aliphatic rings. The van der Waals surface area contributed by atoms with Crippen molar-refractivity contribution in [2.75, 3.05) is 14.7 Å². The Bertz CT molecular complexity index is 9080. The molecule has 6 nitrogen and oxygen atoms in total. The quantitative estimate of drug-likeness (QED) is 0.0517. The van der Waals surface area contributed by atoms with Crippen molar-refractivity contribution in [1.29, 1.82) is 0 Å². The maximum absolute atomic E-state index is 4.39. The Morgan fingerprint density at radius 3 is 0.712 bits per heavy atom. The molecule has 0 aliphatic heterocycles. The Labute approximate surface area is 853 Å². The molecule has 27 rings (SSSR count). The molecule has 0 atom stereocenters. The third-order valence-corrected chi connectivity index (χ3v) is 28.2. The van der Waals surface area contributed by atoms with E-state index in [1.807, 2.05) is 0 Å². The van der Waals surface area contributed by atoms with E-state index in [4.69, 9.17) is 0 Å². The molecule has 0 saturated heterocycles. The molecule has 0 amide bonds. The van der Waals surface area contributed by atoms with Crippen molar-refractivity contribution < 1.29 is 0 Å². The van der Waals surface area contributed by atoms with Gasteiger partial charge in [0.2, 0.25) is 0 Å². The summed E-state index contributed by atoms with van der Waals surface area (Å²) >= 11 is 0. The molecule has 0 bridgehead atoms. The summed E-state index contributed by atoms with van der Waals surface area (Å²) in [5, 5.41) is 20.1. The van der Waals surface area contributed by atoms with Crippen LogP contribution in [0.1, 0.15) is 0 Å². The van der Waals surface area contributed by atoms with Gasteiger partial charge < -0.3 is 28.5 Å². The predicted octanol–water partition coefficient (Wildman–Crippen LogP) is 39.0. The highest BCUT2D eigenvalue weighted by Gasteiger charge is 2.25. The number of para-hydroxylation sites is 7. The van der Waals surface area contributed by atoms with Gasteiger partial charge in [-0.25, -0.2) is 0 Å². The van der Waals surface area contributed by atoms with E-state index in [2.05, 4.69) is 622 Å². The molecule has 2 radical (unpaired) electrons. The highest BCUT2D eigenvalue weighted by Crippen LogP contribution is 2.50. The maximum Gasteiger partial charge on any atom is 0.265 e. The summed E-state index contributed by atoms with van der Waals surface area (Å²) in [6.45, 7) is 0. The molecule has 2 aromatic heterocycles. The fourth-order valence-electron chi connectivity index (χ4n) is 21.7. The van der Waals surface area contributed by atoms with Gasteiger partial charge in [-0.15, -0.1) is 0 Å². The average Bonchev–Trinajstić information content (AvgIpc) is 1.46. The van der Waals surface area contributed by atoms with Crippen LogP contribution in [0.3, 0.4) is 0 Å².